The Morgan fingerprint density at radius 2 is 1.77 bits per heavy atom. The molecule has 0 spiro atoms. The third-order valence-corrected chi connectivity index (χ3v) is 6.21. The van der Waals surface area contributed by atoms with Crippen LogP contribution in [0.1, 0.15) is 15.2 Å². The van der Waals surface area contributed by atoms with Gasteiger partial charge < -0.3 is 9.47 Å². The smallest absolute Gasteiger partial charge is 0.355 e. The standard InChI is InChI=1S/C23H15Cl2NO3S/c1-28-19-12-14(13-26-16-9-7-15(24)8-10-16)6-11-18(19)29-23(27)22-21(25)17-4-2-3-5-20(17)30-22/h2-13H,1H3. The number of esters is 1. The first kappa shape index (κ1) is 20.4. The van der Waals surface area contributed by atoms with E-state index in [-0.39, 0.29) is 0 Å². The molecular formula is C23H15Cl2NO3S. The lowest BCUT2D eigenvalue weighted by atomic mass is 10.2. The number of rotatable bonds is 5. The van der Waals surface area contributed by atoms with Crippen LogP contribution in [0, 0.1) is 0 Å². The molecule has 0 radical (unpaired) electrons. The number of hydrogen-bond acceptors (Lipinski definition) is 5. The first-order valence-electron chi connectivity index (χ1n) is 8.92. The van der Waals surface area contributed by atoms with Gasteiger partial charge in [0, 0.05) is 21.3 Å². The number of carbonyl (C=O) groups excluding carboxylic acids is 1. The lowest BCUT2D eigenvalue weighted by Gasteiger charge is -2.09. The van der Waals surface area contributed by atoms with Crippen LogP contribution < -0.4 is 9.47 Å². The molecule has 4 aromatic rings. The Kier molecular flexibility index (Phi) is 6.04. The molecule has 0 aliphatic heterocycles. The van der Waals surface area contributed by atoms with E-state index in [2.05, 4.69) is 4.99 Å². The van der Waals surface area contributed by atoms with E-state index in [0.29, 0.717) is 26.4 Å². The fourth-order valence-electron chi connectivity index (χ4n) is 2.82. The van der Waals surface area contributed by atoms with Crippen LogP contribution in [0.15, 0.2) is 71.7 Å². The van der Waals surface area contributed by atoms with Gasteiger partial charge in [0.1, 0.15) is 4.88 Å². The van der Waals surface area contributed by atoms with Gasteiger partial charge in [-0.1, -0.05) is 41.4 Å². The molecule has 30 heavy (non-hydrogen) atoms. The summed E-state index contributed by atoms with van der Waals surface area (Å²) in [7, 11) is 1.51. The average Bonchev–Trinajstić information content (AvgIpc) is 3.11. The molecule has 0 aliphatic rings. The van der Waals surface area contributed by atoms with Gasteiger partial charge in [-0.2, -0.15) is 0 Å². The van der Waals surface area contributed by atoms with Crippen molar-refractivity contribution in [1.82, 2.24) is 0 Å². The van der Waals surface area contributed by atoms with Gasteiger partial charge in [-0.05, 0) is 54.1 Å². The highest BCUT2D eigenvalue weighted by molar-refractivity contribution is 7.21. The maximum atomic E-state index is 12.7. The van der Waals surface area contributed by atoms with Crippen LogP contribution in [-0.2, 0) is 0 Å². The number of ether oxygens (including phenoxy) is 2. The van der Waals surface area contributed by atoms with Crippen LogP contribution in [0.2, 0.25) is 10.0 Å². The molecule has 0 amide bonds. The summed E-state index contributed by atoms with van der Waals surface area (Å²) < 4.78 is 11.9. The lowest BCUT2D eigenvalue weighted by molar-refractivity contribution is 0.0735. The monoisotopic (exact) mass is 455 g/mol. The Bertz CT molecular complexity index is 1250. The summed E-state index contributed by atoms with van der Waals surface area (Å²) in [6, 6.07) is 20.0. The third-order valence-electron chi connectivity index (χ3n) is 4.30. The molecular weight excluding hydrogens is 441 g/mol. The number of benzene rings is 3. The van der Waals surface area contributed by atoms with Crippen molar-refractivity contribution in [2.24, 2.45) is 4.99 Å². The zero-order valence-corrected chi connectivity index (χ0v) is 18.1. The lowest BCUT2D eigenvalue weighted by Crippen LogP contribution is -2.08. The van der Waals surface area contributed by atoms with Crippen molar-refractivity contribution in [3.05, 3.63) is 87.2 Å². The van der Waals surface area contributed by atoms with Crippen molar-refractivity contribution in [1.29, 1.82) is 0 Å². The Balaban J connectivity index is 1.56. The van der Waals surface area contributed by atoms with E-state index >= 15 is 0 Å². The summed E-state index contributed by atoms with van der Waals surface area (Å²) in [5.74, 6) is 0.197. The molecule has 0 bridgehead atoms. The summed E-state index contributed by atoms with van der Waals surface area (Å²) in [4.78, 5) is 17.5. The van der Waals surface area contributed by atoms with Gasteiger partial charge in [0.25, 0.3) is 0 Å². The van der Waals surface area contributed by atoms with E-state index in [4.69, 9.17) is 32.7 Å². The fraction of sp³-hybridized carbons (Fsp3) is 0.0435. The molecule has 0 saturated carbocycles. The van der Waals surface area contributed by atoms with E-state index in [1.807, 2.05) is 36.4 Å². The molecule has 150 valence electrons. The average molecular weight is 456 g/mol. The number of halogens is 2. The minimum Gasteiger partial charge on any atom is -0.493 e. The predicted molar refractivity (Wildman–Crippen MR) is 123 cm³/mol. The number of fused-ring (bicyclic) bond motifs is 1. The van der Waals surface area contributed by atoms with Crippen molar-refractivity contribution in [3.8, 4) is 11.5 Å². The summed E-state index contributed by atoms with van der Waals surface area (Å²) in [5.41, 5.74) is 1.56. The quantitative estimate of drug-likeness (QED) is 0.181. The van der Waals surface area contributed by atoms with Crippen molar-refractivity contribution < 1.29 is 14.3 Å². The van der Waals surface area contributed by atoms with Crippen molar-refractivity contribution in [3.63, 3.8) is 0 Å². The second kappa shape index (κ2) is 8.88. The molecule has 7 heteroatoms. The third kappa shape index (κ3) is 4.33. The van der Waals surface area contributed by atoms with Gasteiger partial charge in [0.05, 0.1) is 17.8 Å². The van der Waals surface area contributed by atoms with E-state index in [1.54, 1.807) is 36.5 Å². The zero-order chi connectivity index (χ0) is 21.1. The van der Waals surface area contributed by atoms with Gasteiger partial charge in [-0.3, -0.25) is 4.99 Å². The molecule has 1 heterocycles. The number of nitrogens with zero attached hydrogens (tertiary/aromatic N) is 1. The molecule has 0 unspecified atom stereocenters. The Hall–Kier alpha value is -2.86. The van der Waals surface area contributed by atoms with Crippen LogP contribution in [-0.4, -0.2) is 19.3 Å². The molecule has 0 atom stereocenters. The van der Waals surface area contributed by atoms with Crippen LogP contribution in [0.25, 0.3) is 10.1 Å². The van der Waals surface area contributed by atoms with Gasteiger partial charge in [-0.25, -0.2) is 4.79 Å². The second-order valence-corrected chi connectivity index (χ2v) is 8.14. The van der Waals surface area contributed by atoms with Crippen molar-refractivity contribution in [2.75, 3.05) is 7.11 Å². The molecule has 0 N–H and O–H groups in total. The van der Waals surface area contributed by atoms with E-state index in [9.17, 15) is 4.79 Å². The van der Waals surface area contributed by atoms with Crippen LogP contribution >= 0.6 is 34.5 Å². The van der Waals surface area contributed by atoms with Gasteiger partial charge in [0.15, 0.2) is 11.5 Å². The van der Waals surface area contributed by atoms with E-state index < -0.39 is 5.97 Å². The maximum Gasteiger partial charge on any atom is 0.355 e. The SMILES string of the molecule is COc1cc(C=Nc2ccc(Cl)cc2)ccc1OC(=O)c1sc2ccccc2c1Cl. The highest BCUT2D eigenvalue weighted by Crippen LogP contribution is 2.37. The van der Waals surface area contributed by atoms with Crippen LogP contribution in [0.3, 0.4) is 0 Å². The fourth-order valence-corrected chi connectivity index (χ4v) is 4.33. The Labute approximate surface area is 187 Å². The minimum atomic E-state index is -0.526. The first-order valence-corrected chi connectivity index (χ1v) is 10.5. The summed E-state index contributed by atoms with van der Waals surface area (Å²) in [6.45, 7) is 0. The Morgan fingerprint density at radius 3 is 2.50 bits per heavy atom. The van der Waals surface area contributed by atoms with Gasteiger partial charge >= 0.3 is 5.97 Å². The molecule has 4 rings (SSSR count). The van der Waals surface area contributed by atoms with Crippen molar-refractivity contribution >= 4 is 62.5 Å². The molecule has 0 fully saturated rings. The van der Waals surface area contributed by atoms with Crippen LogP contribution in [0.5, 0.6) is 11.5 Å². The number of carbonyl (C=O) groups is 1. The number of thiophene rings is 1. The highest BCUT2D eigenvalue weighted by atomic mass is 35.5. The van der Waals surface area contributed by atoms with Crippen LogP contribution in [0.4, 0.5) is 5.69 Å². The highest BCUT2D eigenvalue weighted by Gasteiger charge is 2.20. The normalized spacial score (nSPS) is 11.2. The number of hydrogen-bond donors (Lipinski definition) is 0. The van der Waals surface area contributed by atoms with E-state index in [0.717, 1.165) is 21.3 Å². The second-order valence-electron chi connectivity index (χ2n) is 6.28. The molecule has 4 nitrogen and oxygen atoms in total. The van der Waals surface area contributed by atoms with Gasteiger partial charge in [-0.15, -0.1) is 11.3 Å². The minimum absolute atomic E-state index is 0.305. The molecule has 0 saturated heterocycles. The molecule has 0 aliphatic carbocycles. The first-order chi connectivity index (χ1) is 14.5. The Morgan fingerprint density at radius 1 is 1.00 bits per heavy atom. The molecule has 1 aromatic heterocycles. The maximum absolute atomic E-state index is 12.7. The summed E-state index contributed by atoms with van der Waals surface area (Å²) >= 11 is 13.6. The van der Waals surface area contributed by atoms with Crippen molar-refractivity contribution in [2.45, 2.75) is 0 Å². The van der Waals surface area contributed by atoms with Gasteiger partial charge in [0.2, 0.25) is 0 Å². The number of methoxy groups -OCH3 is 1. The topological polar surface area (TPSA) is 47.9 Å². The largest absolute Gasteiger partial charge is 0.493 e. The zero-order valence-electron chi connectivity index (χ0n) is 15.8. The summed E-state index contributed by atoms with van der Waals surface area (Å²) in [6.07, 6.45) is 1.69. The number of aliphatic imine (C=N–C) groups is 1. The van der Waals surface area contributed by atoms with E-state index in [1.165, 1.54) is 18.4 Å². The summed E-state index contributed by atoms with van der Waals surface area (Å²) in [5, 5.41) is 1.88. The molecule has 3 aromatic carbocycles. The predicted octanol–water partition coefficient (Wildman–Crippen LogP) is 7.19.